The second-order valence-electron chi connectivity index (χ2n) is 7.53. The lowest BCUT2D eigenvalue weighted by atomic mass is 10.1. The van der Waals surface area contributed by atoms with E-state index in [-0.39, 0.29) is 23.0 Å². The largest absolute Gasteiger partial charge is 0.356 e. The van der Waals surface area contributed by atoms with Gasteiger partial charge in [0.15, 0.2) is 0 Å². The Labute approximate surface area is 179 Å². The van der Waals surface area contributed by atoms with E-state index >= 15 is 0 Å². The summed E-state index contributed by atoms with van der Waals surface area (Å²) in [6.07, 6.45) is 3.80. The molecule has 0 aliphatic carbocycles. The summed E-state index contributed by atoms with van der Waals surface area (Å²) < 4.78 is 27.8. The number of rotatable bonds is 4. The van der Waals surface area contributed by atoms with E-state index in [1.54, 1.807) is 0 Å². The average Bonchev–Trinajstić information content (AvgIpc) is 2.73. The number of benzene rings is 1. The summed E-state index contributed by atoms with van der Waals surface area (Å²) in [5, 5.41) is 11.1. The van der Waals surface area contributed by atoms with Crippen LogP contribution in [0.5, 0.6) is 0 Å². The van der Waals surface area contributed by atoms with E-state index in [2.05, 4.69) is 14.9 Å². The Balaban J connectivity index is 1.70. The molecule has 0 radical (unpaired) electrons. The normalized spacial score (nSPS) is 17.6. The van der Waals surface area contributed by atoms with Crippen molar-refractivity contribution in [3.8, 4) is 0 Å². The molecule has 0 N–H and O–H groups in total. The van der Waals surface area contributed by atoms with Crippen LogP contribution in [0.2, 0.25) is 5.02 Å². The SMILES string of the molecule is Cc1nc2c(c(N3CCCCC3)n1)CN(S(=O)(=O)c1ccc(Cl)c([N+](=O)[O-])c1)CC2. The van der Waals surface area contributed by atoms with Gasteiger partial charge < -0.3 is 4.90 Å². The van der Waals surface area contributed by atoms with Gasteiger partial charge in [0, 0.05) is 44.2 Å². The molecular weight excluding hydrogens is 430 g/mol. The summed E-state index contributed by atoms with van der Waals surface area (Å²) in [4.78, 5) is 21.7. The number of sulfonamides is 1. The zero-order chi connectivity index (χ0) is 21.5. The lowest BCUT2D eigenvalue weighted by Crippen LogP contribution is -2.39. The molecule has 11 heteroatoms. The maximum Gasteiger partial charge on any atom is 0.289 e. The highest BCUT2D eigenvalue weighted by Crippen LogP contribution is 2.33. The topological polar surface area (TPSA) is 110 Å². The summed E-state index contributed by atoms with van der Waals surface area (Å²) >= 11 is 5.84. The third kappa shape index (κ3) is 3.86. The highest BCUT2D eigenvalue weighted by atomic mass is 35.5. The zero-order valence-electron chi connectivity index (χ0n) is 16.5. The number of aryl methyl sites for hydroxylation is 1. The highest BCUT2D eigenvalue weighted by Gasteiger charge is 2.33. The fourth-order valence-electron chi connectivity index (χ4n) is 4.01. The third-order valence-corrected chi connectivity index (χ3v) is 7.68. The molecule has 1 aromatic carbocycles. The lowest BCUT2D eigenvalue weighted by molar-refractivity contribution is -0.384. The van der Waals surface area contributed by atoms with Gasteiger partial charge >= 0.3 is 0 Å². The summed E-state index contributed by atoms with van der Waals surface area (Å²) in [6, 6.07) is 3.57. The molecule has 4 rings (SSSR count). The molecule has 1 saturated heterocycles. The first-order valence-electron chi connectivity index (χ1n) is 9.83. The van der Waals surface area contributed by atoms with Gasteiger partial charge in [-0.2, -0.15) is 4.31 Å². The summed E-state index contributed by atoms with van der Waals surface area (Å²) in [5.41, 5.74) is 1.26. The number of hydrogen-bond donors (Lipinski definition) is 0. The number of hydrogen-bond acceptors (Lipinski definition) is 7. The number of piperidine rings is 1. The molecule has 0 unspecified atom stereocenters. The van der Waals surface area contributed by atoms with Crippen LogP contribution >= 0.6 is 11.6 Å². The van der Waals surface area contributed by atoms with Gasteiger partial charge in [-0.05, 0) is 38.3 Å². The van der Waals surface area contributed by atoms with Crippen LogP contribution < -0.4 is 4.90 Å². The Hall–Kier alpha value is -2.30. The van der Waals surface area contributed by atoms with E-state index in [0.717, 1.165) is 49.1 Å². The third-order valence-electron chi connectivity index (χ3n) is 5.52. The van der Waals surface area contributed by atoms with Crippen LogP contribution in [0.4, 0.5) is 11.5 Å². The molecule has 9 nitrogen and oxygen atoms in total. The molecule has 2 aromatic rings. The predicted molar refractivity (Wildman–Crippen MR) is 112 cm³/mol. The van der Waals surface area contributed by atoms with Crippen molar-refractivity contribution in [2.75, 3.05) is 24.5 Å². The van der Waals surface area contributed by atoms with Gasteiger partial charge in [0.2, 0.25) is 10.0 Å². The quantitative estimate of drug-likeness (QED) is 0.518. The average molecular weight is 452 g/mol. The van der Waals surface area contributed by atoms with Crippen molar-refractivity contribution in [1.82, 2.24) is 14.3 Å². The standard InChI is InChI=1S/C19H22ClN5O4S/c1-13-21-17-7-10-24(12-15(17)19(22-13)23-8-3-2-4-9-23)30(28,29)14-5-6-16(20)18(11-14)25(26)27/h5-6,11H,2-4,7-10,12H2,1H3. The smallest absolute Gasteiger partial charge is 0.289 e. The van der Waals surface area contributed by atoms with Crippen molar-refractivity contribution < 1.29 is 13.3 Å². The maximum atomic E-state index is 13.2. The summed E-state index contributed by atoms with van der Waals surface area (Å²) in [6.45, 7) is 4.02. The van der Waals surface area contributed by atoms with Gasteiger partial charge in [-0.25, -0.2) is 18.4 Å². The van der Waals surface area contributed by atoms with Crippen LogP contribution in [0.1, 0.15) is 36.3 Å². The second-order valence-corrected chi connectivity index (χ2v) is 9.87. The lowest BCUT2D eigenvalue weighted by Gasteiger charge is -2.34. The van der Waals surface area contributed by atoms with Gasteiger partial charge in [-0.1, -0.05) is 11.6 Å². The summed E-state index contributed by atoms with van der Waals surface area (Å²) in [5.74, 6) is 1.48. The van der Waals surface area contributed by atoms with Crippen molar-refractivity contribution in [1.29, 1.82) is 0 Å². The van der Waals surface area contributed by atoms with Crippen LogP contribution in [0.15, 0.2) is 23.1 Å². The molecule has 160 valence electrons. The Bertz CT molecular complexity index is 1100. The first kappa shape index (κ1) is 21.0. The molecule has 2 aliphatic heterocycles. The zero-order valence-corrected chi connectivity index (χ0v) is 18.1. The number of nitro benzene ring substituents is 1. The molecule has 1 fully saturated rings. The van der Waals surface area contributed by atoms with Crippen LogP contribution in [0, 0.1) is 17.0 Å². The minimum absolute atomic E-state index is 0.0980. The Morgan fingerprint density at radius 1 is 1.13 bits per heavy atom. The molecule has 2 aliphatic rings. The number of nitro groups is 1. The van der Waals surface area contributed by atoms with Gasteiger partial charge in [0.05, 0.1) is 15.5 Å². The number of anilines is 1. The molecule has 0 bridgehead atoms. The molecule has 0 spiro atoms. The van der Waals surface area contributed by atoms with E-state index in [1.807, 2.05) is 6.92 Å². The fraction of sp³-hybridized carbons (Fsp3) is 0.474. The number of halogens is 1. The molecular formula is C19H22ClN5O4S. The highest BCUT2D eigenvalue weighted by molar-refractivity contribution is 7.89. The van der Waals surface area contributed by atoms with Crippen molar-refractivity contribution in [2.45, 2.75) is 44.0 Å². The van der Waals surface area contributed by atoms with Crippen molar-refractivity contribution >= 4 is 33.1 Å². The first-order chi connectivity index (χ1) is 14.3. The minimum Gasteiger partial charge on any atom is -0.356 e. The molecule has 0 atom stereocenters. The molecule has 30 heavy (non-hydrogen) atoms. The second kappa shape index (κ2) is 8.09. The van der Waals surface area contributed by atoms with E-state index in [9.17, 15) is 18.5 Å². The Morgan fingerprint density at radius 2 is 1.87 bits per heavy atom. The van der Waals surface area contributed by atoms with Crippen molar-refractivity contribution in [3.05, 3.63) is 50.4 Å². The van der Waals surface area contributed by atoms with E-state index in [0.29, 0.717) is 12.2 Å². The van der Waals surface area contributed by atoms with Crippen LogP contribution in [0.3, 0.4) is 0 Å². The first-order valence-corrected chi connectivity index (χ1v) is 11.6. The number of fused-ring (bicyclic) bond motifs is 1. The monoisotopic (exact) mass is 451 g/mol. The molecule has 3 heterocycles. The fourth-order valence-corrected chi connectivity index (χ4v) is 5.62. The molecule has 0 amide bonds. The maximum absolute atomic E-state index is 13.2. The van der Waals surface area contributed by atoms with Crippen molar-refractivity contribution in [2.24, 2.45) is 0 Å². The minimum atomic E-state index is -3.94. The predicted octanol–water partition coefficient (Wildman–Crippen LogP) is 3.08. The number of aromatic nitrogens is 2. The van der Waals surface area contributed by atoms with E-state index in [4.69, 9.17) is 11.6 Å². The van der Waals surface area contributed by atoms with Crippen LogP contribution in [-0.2, 0) is 23.0 Å². The van der Waals surface area contributed by atoms with Crippen molar-refractivity contribution in [3.63, 3.8) is 0 Å². The van der Waals surface area contributed by atoms with Crippen LogP contribution in [0.25, 0.3) is 0 Å². The van der Waals surface area contributed by atoms with E-state index < -0.39 is 20.6 Å². The number of nitrogens with zero attached hydrogens (tertiary/aromatic N) is 5. The van der Waals surface area contributed by atoms with Crippen LogP contribution in [-0.4, -0.2) is 47.2 Å². The van der Waals surface area contributed by atoms with E-state index in [1.165, 1.54) is 22.9 Å². The molecule has 0 saturated carbocycles. The Kier molecular flexibility index (Phi) is 5.65. The van der Waals surface area contributed by atoms with Gasteiger partial charge in [-0.15, -0.1) is 0 Å². The Morgan fingerprint density at radius 3 is 2.57 bits per heavy atom. The summed E-state index contributed by atoms with van der Waals surface area (Å²) in [7, 11) is -3.94. The molecule has 1 aromatic heterocycles. The van der Waals surface area contributed by atoms with Gasteiger partial charge in [-0.3, -0.25) is 10.1 Å². The van der Waals surface area contributed by atoms with Gasteiger partial charge in [0.1, 0.15) is 16.7 Å². The van der Waals surface area contributed by atoms with Gasteiger partial charge in [0.25, 0.3) is 5.69 Å².